The Hall–Kier alpha value is -1.21. The second-order valence-corrected chi connectivity index (χ2v) is 7.13. The van der Waals surface area contributed by atoms with Gasteiger partial charge in [0, 0.05) is 12.6 Å². The fraction of sp³-hybridized carbons (Fsp3) is 0.250. The number of phenols is 1. The van der Waals surface area contributed by atoms with Gasteiger partial charge in [-0.15, -0.1) is 0 Å². The largest absolute Gasteiger partial charge is 0.506 e. The molecule has 0 saturated carbocycles. The standard InChI is InChI=1S/C8H17N6OPS/c1-2-14(16(12,13)17)8-5(15)3-4(9)6(10)7(8)11/h3,15H,2,9-11H2,1H3,(H4,12,13,17). The third-order valence-corrected chi connectivity index (χ3v) is 4.15. The van der Waals surface area contributed by atoms with Crippen LogP contribution < -0.4 is 32.9 Å². The SMILES string of the molecule is CCN(c1c(O)cc(N)c(N)c1N)P(N)(N)=S. The van der Waals surface area contributed by atoms with Gasteiger partial charge in [0.05, 0.1) is 17.1 Å². The number of anilines is 4. The number of phenolic OH excluding ortho intramolecular Hbond substituents is 1. The van der Waals surface area contributed by atoms with Gasteiger partial charge in [0.1, 0.15) is 11.4 Å². The molecule has 0 aliphatic carbocycles. The van der Waals surface area contributed by atoms with Crippen LogP contribution in [0.1, 0.15) is 6.92 Å². The number of hydrogen-bond acceptors (Lipinski definition) is 5. The minimum Gasteiger partial charge on any atom is -0.506 e. The van der Waals surface area contributed by atoms with E-state index in [1.165, 1.54) is 10.7 Å². The van der Waals surface area contributed by atoms with Crippen molar-refractivity contribution in [1.82, 2.24) is 0 Å². The van der Waals surface area contributed by atoms with Gasteiger partial charge in [-0.2, -0.15) is 0 Å². The molecule has 0 aliphatic heterocycles. The lowest BCUT2D eigenvalue weighted by Gasteiger charge is -2.31. The van der Waals surface area contributed by atoms with Crippen molar-refractivity contribution in [3.05, 3.63) is 6.07 Å². The second kappa shape index (κ2) is 4.58. The summed E-state index contributed by atoms with van der Waals surface area (Å²) in [5.41, 5.74) is 29.3. The van der Waals surface area contributed by atoms with Crippen molar-refractivity contribution in [3.63, 3.8) is 0 Å². The number of benzene rings is 1. The molecular weight excluding hydrogens is 259 g/mol. The summed E-state index contributed by atoms with van der Waals surface area (Å²) in [5.74, 6) is -0.138. The number of rotatable bonds is 3. The monoisotopic (exact) mass is 276 g/mol. The van der Waals surface area contributed by atoms with Crippen LogP contribution in [-0.2, 0) is 11.8 Å². The van der Waals surface area contributed by atoms with Crippen LogP contribution >= 0.6 is 6.49 Å². The first kappa shape index (κ1) is 13.9. The first-order valence-corrected chi connectivity index (χ1v) is 7.71. The van der Waals surface area contributed by atoms with Gasteiger partial charge >= 0.3 is 0 Å². The van der Waals surface area contributed by atoms with Crippen molar-refractivity contribution in [2.45, 2.75) is 6.92 Å². The lowest BCUT2D eigenvalue weighted by atomic mass is 10.2. The van der Waals surface area contributed by atoms with Crippen molar-refractivity contribution in [3.8, 4) is 5.75 Å². The average molecular weight is 276 g/mol. The summed E-state index contributed by atoms with van der Waals surface area (Å²) in [6.45, 7) is -0.550. The number of aromatic hydroxyl groups is 1. The molecule has 0 aromatic heterocycles. The minimum absolute atomic E-state index is 0.134. The summed E-state index contributed by atoms with van der Waals surface area (Å²) in [7, 11) is 0. The number of nitrogens with two attached hydrogens (primary N) is 5. The second-order valence-electron chi connectivity index (χ2n) is 3.55. The Balaban J connectivity index is 3.50. The molecule has 0 saturated heterocycles. The van der Waals surface area contributed by atoms with Crippen molar-refractivity contribution >= 4 is 41.0 Å². The highest BCUT2D eigenvalue weighted by atomic mass is 32.4. The first-order chi connectivity index (χ1) is 7.70. The van der Waals surface area contributed by atoms with Crippen LogP contribution in [0.5, 0.6) is 5.75 Å². The molecule has 0 aliphatic rings. The summed E-state index contributed by atoms with van der Waals surface area (Å²) < 4.78 is 1.48. The quantitative estimate of drug-likeness (QED) is 0.258. The van der Waals surface area contributed by atoms with Gasteiger partial charge in [0.25, 0.3) is 0 Å². The normalized spacial score (nSPS) is 11.5. The van der Waals surface area contributed by atoms with Gasteiger partial charge in [-0.25, -0.2) is 0 Å². The molecule has 17 heavy (non-hydrogen) atoms. The Morgan fingerprint density at radius 2 is 1.82 bits per heavy atom. The molecule has 0 atom stereocenters. The number of hydrogen-bond donors (Lipinski definition) is 6. The third kappa shape index (κ3) is 2.55. The van der Waals surface area contributed by atoms with Crippen LogP contribution in [0.25, 0.3) is 0 Å². The number of nitrogens with zero attached hydrogens (tertiary/aromatic N) is 1. The van der Waals surface area contributed by atoms with Gasteiger partial charge < -0.3 is 27.0 Å². The summed E-state index contributed by atoms with van der Waals surface area (Å²) in [6.07, 6.45) is 0. The average Bonchev–Trinajstić information content (AvgIpc) is 2.19. The van der Waals surface area contributed by atoms with E-state index < -0.39 is 6.49 Å². The van der Waals surface area contributed by atoms with E-state index in [0.29, 0.717) is 6.54 Å². The molecule has 0 unspecified atom stereocenters. The Bertz CT molecular complexity index is 487. The molecule has 0 bridgehead atoms. The lowest BCUT2D eigenvalue weighted by molar-refractivity contribution is 0.477. The molecule has 0 heterocycles. The van der Waals surface area contributed by atoms with E-state index >= 15 is 0 Å². The predicted octanol–water partition coefficient (Wildman–Crippen LogP) is 0.107. The van der Waals surface area contributed by atoms with E-state index in [0.717, 1.165) is 0 Å². The Morgan fingerprint density at radius 3 is 2.24 bits per heavy atom. The first-order valence-electron chi connectivity index (χ1n) is 4.81. The van der Waals surface area contributed by atoms with Crippen LogP contribution in [0.15, 0.2) is 6.07 Å². The van der Waals surface area contributed by atoms with Crippen molar-refractivity contribution in [2.24, 2.45) is 11.0 Å². The maximum absolute atomic E-state index is 9.86. The van der Waals surface area contributed by atoms with Crippen LogP contribution in [-0.4, -0.2) is 11.7 Å². The Morgan fingerprint density at radius 1 is 1.29 bits per heavy atom. The molecule has 11 N–H and O–H groups in total. The molecule has 1 aromatic rings. The molecule has 0 spiro atoms. The Labute approximate surface area is 105 Å². The maximum atomic E-state index is 9.86. The van der Waals surface area contributed by atoms with Crippen molar-refractivity contribution in [2.75, 3.05) is 28.4 Å². The molecule has 0 radical (unpaired) electrons. The summed E-state index contributed by atoms with van der Waals surface area (Å²) in [5, 5.41) is 9.86. The van der Waals surface area contributed by atoms with Crippen LogP contribution in [0.3, 0.4) is 0 Å². The maximum Gasteiger partial charge on any atom is 0.159 e. The molecule has 9 heteroatoms. The van der Waals surface area contributed by atoms with E-state index in [1.54, 1.807) is 6.92 Å². The molecule has 0 amide bonds. The zero-order valence-electron chi connectivity index (χ0n) is 9.42. The molecule has 1 aromatic carbocycles. The van der Waals surface area contributed by atoms with E-state index in [9.17, 15) is 5.11 Å². The molecule has 1 rings (SSSR count). The van der Waals surface area contributed by atoms with Gasteiger partial charge in [-0.05, 0) is 18.7 Å². The highest BCUT2D eigenvalue weighted by Gasteiger charge is 2.23. The molecule has 7 nitrogen and oxygen atoms in total. The highest BCUT2D eigenvalue weighted by Crippen LogP contribution is 2.48. The Kier molecular flexibility index (Phi) is 3.73. The van der Waals surface area contributed by atoms with E-state index in [4.69, 9.17) is 40.0 Å². The van der Waals surface area contributed by atoms with Gasteiger partial charge in [0.2, 0.25) is 0 Å². The molecule has 96 valence electrons. The number of nitrogen functional groups attached to an aromatic ring is 3. The zero-order valence-corrected chi connectivity index (χ0v) is 11.1. The summed E-state index contributed by atoms with van der Waals surface area (Å²) in [4.78, 5) is 0. The van der Waals surface area contributed by atoms with Crippen LogP contribution in [0.2, 0.25) is 0 Å². The van der Waals surface area contributed by atoms with Crippen LogP contribution in [0.4, 0.5) is 22.7 Å². The topological polar surface area (TPSA) is 154 Å². The molecular formula is C8H17N6OPS. The summed E-state index contributed by atoms with van der Waals surface area (Å²) in [6, 6.07) is 1.30. The van der Waals surface area contributed by atoms with Gasteiger partial charge in [0.15, 0.2) is 6.49 Å². The summed E-state index contributed by atoms with van der Waals surface area (Å²) >= 11 is 5.04. The van der Waals surface area contributed by atoms with Gasteiger partial charge in [-0.3, -0.25) is 11.0 Å². The van der Waals surface area contributed by atoms with Crippen molar-refractivity contribution in [1.29, 1.82) is 0 Å². The van der Waals surface area contributed by atoms with E-state index in [1.807, 2.05) is 0 Å². The smallest absolute Gasteiger partial charge is 0.159 e. The third-order valence-electron chi connectivity index (χ3n) is 2.33. The van der Waals surface area contributed by atoms with Crippen LogP contribution in [0, 0.1) is 0 Å². The fourth-order valence-electron chi connectivity index (χ4n) is 1.52. The highest BCUT2D eigenvalue weighted by molar-refractivity contribution is 8.13. The lowest BCUT2D eigenvalue weighted by Crippen LogP contribution is -2.29. The van der Waals surface area contributed by atoms with E-state index in [2.05, 4.69) is 0 Å². The minimum atomic E-state index is -2.76. The zero-order chi connectivity index (χ0) is 13.4. The van der Waals surface area contributed by atoms with Crippen molar-refractivity contribution < 1.29 is 5.11 Å². The fourth-order valence-corrected chi connectivity index (χ4v) is 3.08. The van der Waals surface area contributed by atoms with Gasteiger partial charge in [-0.1, -0.05) is 0 Å². The predicted molar refractivity (Wildman–Crippen MR) is 77.0 cm³/mol. The molecule has 0 fully saturated rings. The van der Waals surface area contributed by atoms with E-state index in [-0.39, 0.29) is 28.5 Å².